The van der Waals surface area contributed by atoms with Gasteiger partial charge in [-0.2, -0.15) is 0 Å². The van der Waals surface area contributed by atoms with Crippen LogP contribution in [0.2, 0.25) is 0 Å². The highest BCUT2D eigenvalue weighted by molar-refractivity contribution is 5.84. The van der Waals surface area contributed by atoms with Gasteiger partial charge < -0.3 is 0 Å². The number of rotatable bonds is 1. The fourth-order valence-electron chi connectivity index (χ4n) is 3.19. The first-order valence-electron chi connectivity index (χ1n) is 5.86. The van der Waals surface area contributed by atoms with E-state index in [9.17, 15) is 4.79 Å². The zero-order chi connectivity index (χ0) is 9.26. The van der Waals surface area contributed by atoms with E-state index in [0.717, 1.165) is 12.3 Å². The van der Waals surface area contributed by atoms with Crippen molar-refractivity contribution in [2.45, 2.75) is 51.9 Å². The average molecular weight is 180 g/mol. The quantitative estimate of drug-likeness (QED) is 0.605. The van der Waals surface area contributed by atoms with Gasteiger partial charge in [-0.3, -0.25) is 4.79 Å². The van der Waals surface area contributed by atoms with Crippen molar-refractivity contribution in [3.63, 3.8) is 0 Å². The van der Waals surface area contributed by atoms with Crippen LogP contribution in [0.3, 0.4) is 0 Å². The van der Waals surface area contributed by atoms with E-state index in [0.29, 0.717) is 17.6 Å². The van der Waals surface area contributed by atoms with Gasteiger partial charge in [0.2, 0.25) is 0 Å². The van der Waals surface area contributed by atoms with E-state index in [2.05, 4.69) is 6.92 Å². The molecule has 0 aromatic carbocycles. The van der Waals surface area contributed by atoms with Crippen molar-refractivity contribution in [2.75, 3.05) is 0 Å². The lowest BCUT2D eigenvalue weighted by atomic mass is 9.66. The molecule has 3 unspecified atom stereocenters. The number of hydrogen-bond acceptors (Lipinski definition) is 1. The summed E-state index contributed by atoms with van der Waals surface area (Å²) >= 11 is 0. The number of carbonyl (C=O) groups is 1. The molecule has 0 saturated heterocycles. The second-order valence-corrected chi connectivity index (χ2v) is 4.74. The molecule has 1 heteroatoms. The lowest BCUT2D eigenvalue weighted by Gasteiger charge is -2.37. The molecule has 1 nitrogen and oxygen atoms in total. The fraction of sp³-hybridized carbons (Fsp3) is 0.917. The van der Waals surface area contributed by atoms with E-state index in [1.54, 1.807) is 0 Å². The Morgan fingerprint density at radius 3 is 2.69 bits per heavy atom. The Labute approximate surface area is 80.9 Å². The van der Waals surface area contributed by atoms with Gasteiger partial charge in [-0.15, -0.1) is 0 Å². The Morgan fingerprint density at radius 1 is 1.15 bits per heavy atom. The molecular weight excluding hydrogens is 160 g/mol. The molecule has 3 atom stereocenters. The largest absolute Gasteiger partial charge is 0.299 e. The van der Waals surface area contributed by atoms with Crippen molar-refractivity contribution < 1.29 is 4.79 Å². The normalized spacial score (nSPS) is 40.1. The molecule has 0 aromatic rings. The zero-order valence-corrected chi connectivity index (χ0v) is 8.59. The Morgan fingerprint density at radius 2 is 1.92 bits per heavy atom. The summed E-state index contributed by atoms with van der Waals surface area (Å²) in [6.45, 7) is 2.16. The van der Waals surface area contributed by atoms with Crippen molar-refractivity contribution in [3.05, 3.63) is 0 Å². The van der Waals surface area contributed by atoms with Crippen molar-refractivity contribution in [2.24, 2.45) is 17.8 Å². The number of ketones is 1. The molecule has 2 rings (SSSR count). The van der Waals surface area contributed by atoms with Crippen LogP contribution in [0, 0.1) is 17.8 Å². The summed E-state index contributed by atoms with van der Waals surface area (Å²) in [5.41, 5.74) is 0. The van der Waals surface area contributed by atoms with E-state index in [1.807, 2.05) is 0 Å². The highest BCUT2D eigenvalue weighted by Gasteiger charge is 2.37. The van der Waals surface area contributed by atoms with Crippen LogP contribution in [-0.4, -0.2) is 5.78 Å². The fourth-order valence-corrected chi connectivity index (χ4v) is 3.19. The molecule has 74 valence electrons. The van der Waals surface area contributed by atoms with E-state index in [4.69, 9.17) is 0 Å². The summed E-state index contributed by atoms with van der Waals surface area (Å²) in [6, 6.07) is 0. The minimum atomic E-state index is 0.416. The molecule has 0 bridgehead atoms. The van der Waals surface area contributed by atoms with Crippen molar-refractivity contribution in [3.8, 4) is 0 Å². The molecule has 2 aliphatic carbocycles. The molecule has 2 aliphatic rings. The van der Waals surface area contributed by atoms with Gasteiger partial charge in [-0.1, -0.05) is 19.8 Å². The number of Topliss-reactive ketones (excluding diaryl/α,β-unsaturated/α-hetero) is 1. The van der Waals surface area contributed by atoms with Gasteiger partial charge in [-0.25, -0.2) is 0 Å². The maximum atomic E-state index is 12.0. The molecule has 0 heterocycles. The average Bonchev–Trinajstić information content (AvgIpc) is 2.19. The highest BCUT2D eigenvalue weighted by Crippen LogP contribution is 2.41. The second kappa shape index (κ2) is 3.81. The molecule has 0 aliphatic heterocycles. The predicted molar refractivity (Wildman–Crippen MR) is 53.5 cm³/mol. The van der Waals surface area contributed by atoms with E-state index in [-0.39, 0.29) is 0 Å². The van der Waals surface area contributed by atoms with Gasteiger partial charge in [0.05, 0.1) is 0 Å². The first-order valence-corrected chi connectivity index (χ1v) is 5.86. The maximum absolute atomic E-state index is 12.0. The van der Waals surface area contributed by atoms with Crippen LogP contribution in [0.15, 0.2) is 0 Å². The van der Waals surface area contributed by atoms with Crippen LogP contribution in [-0.2, 0) is 4.79 Å². The van der Waals surface area contributed by atoms with Gasteiger partial charge in [0.25, 0.3) is 0 Å². The Balaban J connectivity index is 2.05. The van der Waals surface area contributed by atoms with Crippen LogP contribution in [0.4, 0.5) is 0 Å². The molecule has 0 N–H and O–H groups in total. The topological polar surface area (TPSA) is 17.1 Å². The molecular formula is C12H20O. The minimum absolute atomic E-state index is 0.416. The molecule has 2 fully saturated rings. The monoisotopic (exact) mass is 180 g/mol. The maximum Gasteiger partial charge on any atom is 0.139 e. The SMILES string of the molecule is CCC1CCC2CCCCC2C1=O. The first-order chi connectivity index (χ1) is 6.33. The van der Waals surface area contributed by atoms with Gasteiger partial charge >= 0.3 is 0 Å². The van der Waals surface area contributed by atoms with Crippen molar-refractivity contribution in [1.82, 2.24) is 0 Å². The first kappa shape index (κ1) is 9.23. The minimum Gasteiger partial charge on any atom is -0.299 e. The zero-order valence-electron chi connectivity index (χ0n) is 8.59. The highest BCUT2D eigenvalue weighted by atomic mass is 16.1. The van der Waals surface area contributed by atoms with Crippen LogP contribution in [0.25, 0.3) is 0 Å². The van der Waals surface area contributed by atoms with Gasteiger partial charge in [0.1, 0.15) is 5.78 Å². The van der Waals surface area contributed by atoms with E-state index < -0.39 is 0 Å². The van der Waals surface area contributed by atoms with Gasteiger partial charge in [0, 0.05) is 11.8 Å². The standard InChI is InChI=1S/C12H20O/c1-2-9-7-8-10-5-3-4-6-11(10)12(9)13/h9-11H,2-8H2,1H3. The third-order valence-corrected chi connectivity index (χ3v) is 4.06. The van der Waals surface area contributed by atoms with E-state index in [1.165, 1.54) is 38.5 Å². The summed E-state index contributed by atoms with van der Waals surface area (Å²) in [5.74, 6) is 2.26. The van der Waals surface area contributed by atoms with Crippen LogP contribution in [0.5, 0.6) is 0 Å². The summed E-state index contributed by atoms with van der Waals surface area (Å²) in [5, 5.41) is 0. The van der Waals surface area contributed by atoms with Crippen molar-refractivity contribution >= 4 is 5.78 Å². The number of fused-ring (bicyclic) bond motifs is 1. The molecule has 13 heavy (non-hydrogen) atoms. The van der Waals surface area contributed by atoms with Crippen LogP contribution >= 0.6 is 0 Å². The number of hydrogen-bond donors (Lipinski definition) is 0. The lowest BCUT2D eigenvalue weighted by Crippen LogP contribution is -2.36. The molecule has 0 aromatic heterocycles. The Kier molecular flexibility index (Phi) is 2.71. The molecule has 0 spiro atoms. The predicted octanol–water partition coefficient (Wildman–Crippen LogP) is 3.18. The summed E-state index contributed by atoms with van der Waals surface area (Å²) in [7, 11) is 0. The second-order valence-electron chi connectivity index (χ2n) is 4.74. The third kappa shape index (κ3) is 1.66. The van der Waals surface area contributed by atoms with E-state index >= 15 is 0 Å². The smallest absolute Gasteiger partial charge is 0.139 e. The van der Waals surface area contributed by atoms with Gasteiger partial charge in [-0.05, 0) is 38.0 Å². The number of carbonyl (C=O) groups excluding carboxylic acids is 1. The van der Waals surface area contributed by atoms with Crippen LogP contribution < -0.4 is 0 Å². The molecule has 0 amide bonds. The van der Waals surface area contributed by atoms with Gasteiger partial charge in [0.15, 0.2) is 0 Å². The molecule has 2 saturated carbocycles. The van der Waals surface area contributed by atoms with Crippen molar-refractivity contribution in [1.29, 1.82) is 0 Å². The summed E-state index contributed by atoms with van der Waals surface area (Å²) in [4.78, 5) is 12.0. The lowest BCUT2D eigenvalue weighted by molar-refractivity contribution is -0.133. The third-order valence-electron chi connectivity index (χ3n) is 4.06. The Hall–Kier alpha value is -0.330. The molecule has 0 radical (unpaired) electrons. The van der Waals surface area contributed by atoms with Crippen LogP contribution in [0.1, 0.15) is 51.9 Å². The summed E-state index contributed by atoms with van der Waals surface area (Å²) in [6.07, 6.45) is 8.76. The summed E-state index contributed by atoms with van der Waals surface area (Å²) < 4.78 is 0. The Bertz CT molecular complexity index is 197.